The molecule has 4 aliphatic rings. The van der Waals surface area contributed by atoms with Crippen LogP contribution in [0, 0.1) is 0 Å². The molecule has 246 valence electrons. The number of rotatable bonds is 5. The van der Waals surface area contributed by atoms with Gasteiger partial charge in [0.25, 0.3) is 0 Å². The molecule has 2 aromatic rings. The largest absolute Gasteiger partial charge is 0.507 e. The maximum Gasteiger partial charge on any atom is 0.202 e. The maximum absolute atomic E-state index is 13.9. The van der Waals surface area contributed by atoms with Gasteiger partial charge in [0.05, 0.1) is 47.9 Å². The molecule has 0 spiro atoms. The molecule has 0 amide bonds. The number of ketones is 3. The summed E-state index contributed by atoms with van der Waals surface area (Å²) in [6.07, 6.45) is -1.16. The van der Waals surface area contributed by atoms with Gasteiger partial charge < -0.3 is 39.5 Å². The van der Waals surface area contributed by atoms with Gasteiger partial charge in [-0.2, -0.15) is 0 Å². The summed E-state index contributed by atoms with van der Waals surface area (Å²) >= 11 is 0. The number of benzene rings is 2. The van der Waals surface area contributed by atoms with Crippen molar-refractivity contribution in [2.24, 2.45) is 4.99 Å². The highest BCUT2D eigenvalue weighted by Gasteiger charge is 2.49. The van der Waals surface area contributed by atoms with Crippen molar-refractivity contribution in [2.75, 3.05) is 20.2 Å². The van der Waals surface area contributed by atoms with Crippen LogP contribution < -0.4 is 4.74 Å². The van der Waals surface area contributed by atoms with Crippen LogP contribution in [-0.2, 0) is 20.7 Å². The molecule has 2 aromatic carbocycles. The topological polar surface area (TPSA) is 175 Å². The summed E-state index contributed by atoms with van der Waals surface area (Å²) in [5, 5.41) is 45.7. The average Bonchev–Trinajstić information content (AvgIpc) is 3.03. The second-order valence-corrected chi connectivity index (χ2v) is 12.8. The van der Waals surface area contributed by atoms with Crippen molar-refractivity contribution >= 4 is 23.2 Å². The van der Waals surface area contributed by atoms with Gasteiger partial charge in [-0.3, -0.25) is 19.4 Å². The lowest BCUT2D eigenvalue weighted by atomic mass is 9.72. The molecular weight excluding hydrogens is 596 g/mol. The Labute approximate surface area is 266 Å². The number of aliphatic hydroxyl groups is 2. The van der Waals surface area contributed by atoms with Crippen molar-refractivity contribution in [1.29, 1.82) is 0 Å². The first kappa shape index (κ1) is 32.1. The number of amidine groups is 1. The van der Waals surface area contributed by atoms with Crippen molar-refractivity contribution in [1.82, 2.24) is 4.90 Å². The molecule has 6 rings (SSSR count). The standard InChI is InChI=1S/C34H40N2O10/c1-16-29(38)21(35-18(3)36-11-6-5-7-12-36)13-24(45-16)46-23-15-34(43,17(2)37)14-20-26(23)33(42)28-27(31(20)40)30(39)19-9-8-10-22(44-4)25(19)32(28)41/h8-10,16,21,23-24,29,38,40,42-43H,5-7,11-15H2,1-4H3/t16?,21-,23+,24?,29?,34?/m1/s1. The average molecular weight is 637 g/mol. The number of carbonyl (C=O) groups excluding carboxylic acids is 3. The van der Waals surface area contributed by atoms with E-state index < -0.39 is 82.6 Å². The number of piperidine rings is 1. The van der Waals surface area contributed by atoms with E-state index in [4.69, 9.17) is 19.2 Å². The number of aromatic hydroxyl groups is 2. The van der Waals surface area contributed by atoms with E-state index in [2.05, 4.69) is 4.90 Å². The van der Waals surface area contributed by atoms with Crippen LogP contribution in [-0.4, -0.2) is 98.9 Å². The second-order valence-electron chi connectivity index (χ2n) is 12.8. The Morgan fingerprint density at radius 3 is 2.41 bits per heavy atom. The van der Waals surface area contributed by atoms with Crippen LogP contribution >= 0.6 is 0 Å². The quantitative estimate of drug-likeness (QED) is 0.184. The normalized spacial score (nSPS) is 29.6. The van der Waals surface area contributed by atoms with Crippen LogP contribution in [0.3, 0.4) is 0 Å². The first-order valence-electron chi connectivity index (χ1n) is 15.7. The highest BCUT2D eigenvalue weighted by Crippen LogP contribution is 2.52. The van der Waals surface area contributed by atoms with E-state index in [0.717, 1.165) is 38.2 Å². The summed E-state index contributed by atoms with van der Waals surface area (Å²) in [5.74, 6) is -2.31. The number of carbonyl (C=O) groups is 3. The molecule has 2 saturated heterocycles. The molecule has 4 unspecified atom stereocenters. The zero-order valence-electron chi connectivity index (χ0n) is 26.4. The molecule has 2 aliphatic heterocycles. The van der Waals surface area contributed by atoms with E-state index >= 15 is 0 Å². The zero-order valence-corrected chi connectivity index (χ0v) is 26.4. The van der Waals surface area contributed by atoms with Crippen molar-refractivity contribution in [3.63, 3.8) is 0 Å². The van der Waals surface area contributed by atoms with E-state index in [0.29, 0.717) is 0 Å². The van der Waals surface area contributed by atoms with Crippen LogP contribution in [0.1, 0.15) is 102 Å². The van der Waals surface area contributed by atoms with Gasteiger partial charge in [0.1, 0.15) is 29.0 Å². The second kappa shape index (κ2) is 12.1. The van der Waals surface area contributed by atoms with Crippen LogP contribution in [0.5, 0.6) is 17.2 Å². The monoisotopic (exact) mass is 636 g/mol. The zero-order chi connectivity index (χ0) is 33.1. The summed E-state index contributed by atoms with van der Waals surface area (Å²) < 4.78 is 17.7. The summed E-state index contributed by atoms with van der Waals surface area (Å²) in [7, 11) is 1.35. The molecule has 0 bridgehead atoms. The maximum atomic E-state index is 13.9. The smallest absolute Gasteiger partial charge is 0.202 e. The molecule has 46 heavy (non-hydrogen) atoms. The lowest BCUT2D eigenvalue weighted by Gasteiger charge is -2.42. The summed E-state index contributed by atoms with van der Waals surface area (Å²) in [5.41, 5.74) is -2.98. The fourth-order valence-electron chi connectivity index (χ4n) is 7.27. The number of hydrogen-bond acceptors (Lipinski definition) is 11. The number of nitrogens with zero attached hydrogens (tertiary/aromatic N) is 2. The number of likely N-dealkylation sites (tertiary alicyclic amines) is 1. The van der Waals surface area contributed by atoms with Crippen molar-refractivity contribution in [3.8, 4) is 17.2 Å². The van der Waals surface area contributed by atoms with Crippen LogP contribution in [0.25, 0.3) is 0 Å². The van der Waals surface area contributed by atoms with Crippen LogP contribution in [0.15, 0.2) is 23.2 Å². The van der Waals surface area contributed by atoms with Crippen molar-refractivity contribution < 1.29 is 49.0 Å². The Bertz CT molecular complexity index is 1630. The summed E-state index contributed by atoms with van der Waals surface area (Å²) in [4.78, 5) is 47.3. The van der Waals surface area contributed by atoms with E-state index in [9.17, 15) is 34.8 Å². The van der Waals surface area contributed by atoms with Gasteiger partial charge in [0.2, 0.25) is 5.78 Å². The van der Waals surface area contributed by atoms with E-state index in [-0.39, 0.29) is 40.8 Å². The number of phenols is 2. The third-order valence-electron chi connectivity index (χ3n) is 9.89. The van der Waals surface area contributed by atoms with E-state index in [1.807, 2.05) is 6.92 Å². The fourth-order valence-corrected chi connectivity index (χ4v) is 7.27. The fraction of sp³-hybridized carbons (Fsp3) is 0.529. The van der Waals surface area contributed by atoms with Crippen molar-refractivity contribution in [2.45, 2.75) is 95.5 Å². The number of aliphatic imine (C=N–C) groups is 1. The molecule has 2 fully saturated rings. The lowest BCUT2D eigenvalue weighted by molar-refractivity contribution is -0.247. The van der Waals surface area contributed by atoms with Crippen LogP contribution in [0.4, 0.5) is 0 Å². The molecule has 12 nitrogen and oxygen atoms in total. The van der Waals surface area contributed by atoms with Gasteiger partial charge in [0, 0.05) is 49.0 Å². The molecule has 6 atom stereocenters. The Hall–Kier alpha value is -3.84. The number of hydrogen-bond donors (Lipinski definition) is 4. The molecule has 4 N–H and O–H groups in total. The summed E-state index contributed by atoms with van der Waals surface area (Å²) in [6, 6.07) is 3.90. The van der Waals surface area contributed by atoms with Gasteiger partial charge >= 0.3 is 0 Å². The minimum atomic E-state index is -2.01. The van der Waals surface area contributed by atoms with Gasteiger partial charge in [-0.1, -0.05) is 12.1 Å². The molecule has 0 aromatic heterocycles. The molecule has 0 saturated carbocycles. The third kappa shape index (κ3) is 5.26. The number of phenolic OH excluding ortho intramolecular Hbond substituents is 2. The molecule has 0 radical (unpaired) electrons. The first-order chi connectivity index (χ1) is 21.9. The van der Waals surface area contributed by atoms with E-state index in [1.165, 1.54) is 32.2 Å². The molecule has 2 aliphatic carbocycles. The summed E-state index contributed by atoms with van der Waals surface area (Å²) in [6.45, 7) is 6.58. The Kier molecular flexibility index (Phi) is 8.43. The minimum Gasteiger partial charge on any atom is -0.507 e. The lowest BCUT2D eigenvalue weighted by Crippen LogP contribution is -2.49. The Morgan fingerprint density at radius 1 is 1.04 bits per heavy atom. The van der Waals surface area contributed by atoms with E-state index in [1.54, 1.807) is 6.92 Å². The highest BCUT2D eigenvalue weighted by atomic mass is 16.7. The van der Waals surface area contributed by atoms with Gasteiger partial charge in [0.15, 0.2) is 17.9 Å². The third-order valence-corrected chi connectivity index (χ3v) is 9.89. The Morgan fingerprint density at radius 2 is 1.74 bits per heavy atom. The van der Waals surface area contributed by atoms with Gasteiger partial charge in [-0.05, 0) is 46.1 Å². The first-order valence-corrected chi connectivity index (χ1v) is 15.7. The minimum absolute atomic E-state index is 0.00784. The Balaban J connectivity index is 1.40. The predicted molar refractivity (Wildman–Crippen MR) is 165 cm³/mol. The highest BCUT2D eigenvalue weighted by molar-refractivity contribution is 6.31. The number of ether oxygens (including phenoxy) is 3. The van der Waals surface area contributed by atoms with Crippen molar-refractivity contribution in [3.05, 3.63) is 51.6 Å². The van der Waals surface area contributed by atoms with Crippen LogP contribution in [0.2, 0.25) is 0 Å². The van der Waals surface area contributed by atoms with Gasteiger partial charge in [-0.25, -0.2) is 0 Å². The predicted octanol–water partition coefficient (Wildman–Crippen LogP) is 2.97. The number of aliphatic hydroxyl groups excluding tert-OH is 1. The SMILES string of the molecule is COc1cccc2c1C(=O)c1c(O)c3c(c(O)c1C2=O)CC(O)(C(C)=O)C[C@@H]3OC1C[C@@H](N=C(C)N2CCCCC2)C(O)C(C)O1. The molecule has 2 heterocycles. The molecule has 12 heteroatoms. The number of fused-ring (bicyclic) bond motifs is 3. The van der Waals surface area contributed by atoms with Gasteiger partial charge in [-0.15, -0.1) is 0 Å². The number of methoxy groups -OCH3 is 1. The number of Topliss-reactive ketones (excluding diaryl/α,β-unsaturated/α-hetero) is 1. The molecular formula is C34H40N2O10.